The van der Waals surface area contributed by atoms with E-state index in [2.05, 4.69) is 27.1 Å². The monoisotopic (exact) mass is 576 g/mol. The highest BCUT2D eigenvalue weighted by molar-refractivity contribution is 5.96. The lowest BCUT2D eigenvalue weighted by molar-refractivity contribution is -0.193. The van der Waals surface area contributed by atoms with Crippen LogP contribution in [0, 0.1) is 0 Å². The second-order valence-corrected chi connectivity index (χ2v) is 8.18. The van der Waals surface area contributed by atoms with Crippen LogP contribution >= 0.6 is 0 Å². The molecule has 10 nitrogen and oxygen atoms in total. The van der Waals surface area contributed by atoms with Gasteiger partial charge in [-0.25, -0.2) is 14.4 Å². The Morgan fingerprint density at radius 3 is 1.93 bits per heavy atom. The fourth-order valence-corrected chi connectivity index (χ4v) is 3.61. The van der Waals surface area contributed by atoms with Crippen LogP contribution in [0.4, 0.5) is 26.3 Å². The van der Waals surface area contributed by atoms with E-state index in [4.69, 9.17) is 19.8 Å². The van der Waals surface area contributed by atoms with Crippen LogP contribution in [-0.4, -0.2) is 71.8 Å². The topological polar surface area (TPSA) is 146 Å². The number of aromatic carboxylic acids is 1. The van der Waals surface area contributed by atoms with Gasteiger partial charge in [0.15, 0.2) is 0 Å². The van der Waals surface area contributed by atoms with Gasteiger partial charge in [-0.1, -0.05) is 30.3 Å². The zero-order chi connectivity index (χ0) is 30.3. The third-order valence-electron chi connectivity index (χ3n) is 5.36. The first-order chi connectivity index (χ1) is 18.5. The van der Waals surface area contributed by atoms with Gasteiger partial charge < -0.3 is 15.3 Å². The second kappa shape index (κ2) is 13.1. The fraction of sp³-hybridized carbons (Fsp3) is 0.292. The van der Waals surface area contributed by atoms with E-state index >= 15 is 0 Å². The maximum absolute atomic E-state index is 12.0. The van der Waals surface area contributed by atoms with Crippen LogP contribution in [-0.2, 0) is 36.1 Å². The number of aromatic nitrogens is 3. The van der Waals surface area contributed by atoms with E-state index in [-0.39, 0.29) is 0 Å². The Bertz CT molecular complexity index is 1320. The molecular weight excluding hydrogens is 554 g/mol. The number of hydrogen-bond acceptors (Lipinski definition) is 6. The quantitative estimate of drug-likeness (QED) is 0.392. The Balaban J connectivity index is 0.000000333. The minimum atomic E-state index is -5.08. The van der Waals surface area contributed by atoms with Crippen molar-refractivity contribution in [2.45, 2.75) is 31.9 Å². The molecule has 0 radical (unpaired) electrons. The number of halogens is 6. The molecule has 216 valence electrons. The van der Waals surface area contributed by atoms with Gasteiger partial charge in [0.25, 0.3) is 0 Å². The molecule has 0 amide bonds. The highest BCUT2D eigenvalue weighted by atomic mass is 19.4. The number of carboxylic acids is 3. The highest BCUT2D eigenvalue weighted by Crippen LogP contribution is 2.30. The van der Waals surface area contributed by atoms with E-state index in [9.17, 15) is 36.2 Å². The SMILES string of the molecule is Cn1nccc1-c1ncc2c(c1C(=O)O)CCN(Cc1ccccc1)C2.O=C(O)C(F)(F)F.O=C(O)C(F)(F)F. The summed E-state index contributed by atoms with van der Waals surface area (Å²) in [4.78, 5) is 36.6. The lowest BCUT2D eigenvalue weighted by atomic mass is 9.93. The molecule has 2 aromatic heterocycles. The maximum Gasteiger partial charge on any atom is 0.490 e. The number of rotatable bonds is 4. The molecule has 1 aromatic carbocycles. The molecule has 0 fully saturated rings. The van der Waals surface area contributed by atoms with Crippen molar-refractivity contribution < 1.29 is 56.0 Å². The zero-order valence-corrected chi connectivity index (χ0v) is 20.6. The summed E-state index contributed by atoms with van der Waals surface area (Å²) in [5, 5.41) is 28.2. The molecule has 40 heavy (non-hydrogen) atoms. The minimum absolute atomic E-state index is 0.311. The van der Waals surface area contributed by atoms with E-state index < -0.39 is 30.3 Å². The van der Waals surface area contributed by atoms with Crippen molar-refractivity contribution in [1.29, 1.82) is 0 Å². The van der Waals surface area contributed by atoms with Gasteiger partial charge in [0.1, 0.15) is 5.69 Å². The maximum atomic E-state index is 12.0. The van der Waals surface area contributed by atoms with Crippen molar-refractivity contribution >= 4 is 17.9 Å². The van der Waals surface area contributed by atoms with E-state index in [0.717, 1.165) is 29.9 Å². The largest absolute Gasteiger partial charge is 0.490 e. The molecule has 3 heterocycles. The number of nitrogens with zero attached hydrogens (tertiary/aromatic N) is 4. The number of aryl methyl sites for hydroxylation is 1. The Morgan fingerprint density at radius 1 is 0.925 bits per heavy atom. The standard InChI is InChI=1S/C20H20N4O2.2C2HF3O2/c1-23-17(7-9-22-23)19-18(20(25)26)16-8-10-24(13-15(16)11-21-19)12-14-5-3-2-4-6-14;2*3-2(4,5)1(6)7/h2-7,9,11H,8,10,12-13H2,1H3,(H,25,26);2*(H,6,7). The molecule has 0 unspecified atom stereocenters. The van der Waals surface area contributed by atoms with Gasteiger partial charge in [-0.2, -0.15) is 31.4 Å². The summed E-state index contributed by atoms with van der Waals surface area (Å²) in [6.45, 7) is 2.40. The van der Waals surface area contributed by atoms with Crippen molar-refractivity contribution in [3.63, 3.8) is 0 Å². The third kappa shape index (κ3) is 8.79. The first-order valence-corrected chi connectivity index (χ1v) is 11.1. The van der Waals surface area contributed by atoms with Gasteiger partial charge in [0.05, 0.1) is 11.3 Å². The number of alkyl halides is 6. The first-order valence-electron chi connectivity index (χ1n) is 11.1. The summed E-state index contributed by atoms with van der Waals surface area (Å²) in [6.07, 6.45) is -5.98. The molecule has 0 saturated carbocycles. The Hall–Kier alpha value is -4.47. The molecular formula is C24H22F6N4O6. The van der Waals surface area contributed by atoms with Crippen LogP contribution in [0.2, 0.25) is 0 Å². The van der Waals surface area contributed by atoms with Crippen molar-refractivity contribution in [1.82, 2.24) is 19.7 Å². The fourth-order valence-electron chi connectivity index (χ4n) is 3.61. The van der Waals surface area contributed by atoms with Crippen molar-refractivity contribution in [3.05, 3.63) is 71.0 Å². The molecule has 0 atom stereocenters. The van der Waals surface area contributed by atoms with E-state index in [0.29, 0.717) is 24.2 Å². The normalized spacial score (nSPS) is 13.2. The third-order valence-corrected chi connectivity index (χ3v) is 5.36. The molecule has 0 spiro atoms. The molecule has 0 aliphatic carbocycles. The Labute approximate surface area is 222 Å². The van der Waals surface area contributed by atoms with E-state index in [1.54, 1.807) is 24.0 Å². The molecule has 0 saturated heterocycles. The Kier molecular flexibility index (Phi) is 10.4. The van der Waals surface area contributed by atoms with Gasteiger partial charge in [0.2, 0.25) is 0 Å². The van der Waals surface area contributed by atoms with Crippen LogP contribution in [0.25, 0.3) is 11.4 Å². The minimum Gasteiger partial charge on any atom is -0.478 e. The lowest BCUT2D eigenvalue weighted by Gasteiger charge is -2.30. The predicted octanol–water partition coefficient (Wildman–Crippen LogP) is 4.01. The molecule has 1 aliphatic heterocycles. The van der Waals surface area contributed by atoms with Crippen LogP contribution in [0.1, 0.15) is 27.0 Å². The van der Waals surface area contributed by atoms with E-state index in [1.165, 1.54) is 5.56 Å². The van der Waals surface area contributed by atoms with Gasteiger partial charge in [-0.15, -0.1) is 0 Å². The van der Waals surface area contributed by atoms with Gasteiger partial charge in [-0.3, -0.25) is 14.6 Å². The number of benzene rings is 1. The lowest BCUT2D eigenvalue weighted by Crippen LogP contribution is -2.31. The summed E-state index contributed by atoms with van der Waals surface area (Å²) >= 11 is 0. The zero-order valence-electron chi connectivity index (χ0n) is 20.6. The number of carboxylic acid groups (broad SMARTS) is 3. The average molecular weight is 576 g/mol. The molecule has 4 rings (SSSR count). The average Bonchev–Trinajstić information content (AvgIpc) is 3.29. The molecule has 16 heteroatoms. The summed E-state index contributed by atoms with van der Waals surface area (Å²) in [5.74, 6) is -6.44. The van der Waals surface area contributed by atoms with Crippen molar-refractivity contribution in [3.8, 4) is 11.4 Å². The Morgan fingerprint density at radius 2 is 1.48 bits per heavy atom. The van der Waals surface area contributed by atoms with Crippen molar-refractivity contribution in [2.24, 2.45) is 7.05 Å². The second-order valence-electron chi connectivity index (χ2n) is 8.18. The van der Waals surface area contributed by atoms with Crippen molar-refractivity contribution in [2.75, 3.05) is 6.54 Å². The van der Waals surface area contributed by atoms with Gasteiger partial charge in [-0.05, 0) is 29.2 Å². The summed E-state index contributed by atoms with van der Waals surface area (Å²) < 4.78 is 65.1. The molecule has 3 N–H and O–H groups in total. The highest BCUT2D eigenvalue weighted by Gasteiger charge is 2.38. The van der Waals surface area contributed by atoms with E-state index in [1.807, 2.05) is 24.4 Å². The first kappa shape index (κ1) is 31.7. The number of aliphatic carboxylic acids is 2. The summed E-state index contributed by atoms with van der Waals surface area (Å²) in [5.41, 5.74) is 4.67. The number of carbonyl (C=O) groups is 3. The van der Waals surface area contributed by atoms with Gasteiger partial charge in [0, 0.05) is 39.1 Å². The number of pyridine rings is 1. The van der Waals surface area contributed by atoms with Crippen LogP contribution in [0.15, 0.2) is 48.8 Å². The number of hydrogen-bond donors (Lipinski definition) is 3. The van der Waals surface area contributed by atoms with Crippen LogP contribution in [0.3, 0.4) is 0 Å². The molecule has 0 bridgehead atoms. The summed E-state index contributed by atoms with van der Waals surface area (Å²) in [7, 11) is 1.80. The molecule has 1 aliphatic rings. The predicted molar refractivity (Wildman–Crippen MR) is 125 cm³/mol. The molecule has 3 aromatic rings. The van der Waals surface area contributed by atoms with Gasteiger partial charge >= 0.3 is 30.3 Å². The van der Waals surface area contributed by atoms with Crippen LogP contribution < -0.4 is 0 Å². The van der Waals surface area contributed by atoms with Crippen LogP contribution in [0.5, 0.6) is 0 Å². The smallest absolute Gasteiger partial charge is 0.478 e. The summed E-state index contributed by atoms with van der Waals surface area (Å²) in [6, 6.07) is 12.1. The number of fused-ring (bicyclic) bond motifs is 1.